The minimum atomic E-state index is -1.26. The molecular formula is C17H25N3O4S2. The van der Waals surface area contributed by atoms with E-state index >= 15 is 0 Å². The summed E-state index contributed by atoms with van der Waals surface area (Å²) < 4.78 is 9.12. The van der Waals surface area contributed by atoms with Crippen molar-refractivity contribution in [3.63, 3.8) is 0 Å². The second kappa shape index (κ2) is 10.6. The molecule has 7 nitrogen and oxygen atoms in total. The van der Waals surface area contributed by atoms with Gasteiger partial charge >= 0.3 is 11.9 Å². The van der Waals surface area contributed by atoms with Crippen LogP contribution in [0.4, 0.5) is 0 Å². The van der Waals surface area contributed by atoms with Crippen molar-refractivity contribution in [1.82, 2.24) is 13.6 Å². The van der Waals surface area contributed by atoms with Crippen LogP contribution in [0.15, 0.2) is 17.2 Å². The maximum Gasteiger partial charge on any atom is 0.328 e. The van der Waals surface area contributed by atoms with E-state index in [2.05, 4.69) is 20.6 Å². The Morgan fingerprint density at radius 2 is 1.96 bits per heavy atom. The van der Waals surface area contributed by atoms with Crippen LogP contribution >= 0.6 is 23.5 Å². The van der Waals surface area contributed by atoms with Crippen molar-refractivity contribution in [2.75, 3.05) is 25.4 Å². The highest BCUT2D eigenvalue weighted by Gasteiger charge is 2.41. The largest absolute Gasteiger partial charge is 0.478 e. The topological polar surface area (TPSA) is 104 Å². The first-order valence-electron chi connectivity index (χ1n) is 8.82. The van der Waals surface area contributed by atoms with Crippen LogP contribution in [0.5, 0.6) is 0 Å². The number of carboxylic acids is 2. The van der Waals surface area contributed by atoms with Gasteiger partial charge in [-0.15, -0.1) is 11.8 Å². The SMILES string of the molecule is CCCCCSc1nsnc1C1CN2CCC1C2.O=C(O)/C=C/C(=O)O. The summed E-state index contributed by atoms with van der Waals surface area (Å²) in [6.45, 7) is 6.07. The van der Waals surface area contributed by atoms with E-state index in [1.54, 1.807) is 0 Å². The number of rotatable bonds is 8. The summed E-state index contributed by atoms with van der Waals surface area (Å²) in [6, 6.07) is 0. The van der Waals surface area contributed by atoms with E-state index in [9.17, 15) is 9.59 Å². The molecule has 2 fully saturated rings. The Bertz CT molecular complexity index is 619. The third-order valence-electron chi connectivity index (χ3n) is 4.52. The van der Waals surface area contributed by atoms with Crippen LogP contribution in [0.25, 0.3) is 0 Å². The average molecular weight is 400 g/mol. The second-order valence-corrected chi connectivity index (χ2v) is 8.05. The molecule has 0 radical (unpaired) electrons. The Kier molecular flexibility index (Phi) is 8.53. The van der Waals surface area contributed by atoms with Gasteiger partial charge in [-0.05, 0) is 31.1 Å². The highest BCUT2D eigenvalue weighted by Crippen LogP contribution is 2.42. The van der Waals surface area contributed by atoms with E-state index in [1.165, 1.54) is 73.5 Å². The van der Waals surface area contributed by atoms with Crippen LogP contribution in [0.1, 0.15) is 44.2 Å². The number of carbonyl (C=O) groups is 2. The number of unbranched alkanes of at least 4 members (excludes halogenated alkanes) is 2. The lowest BCUT2D eigenvalue weighted by molar-refractivity contribution is -0.134. The highest BCUT2D eigenvalue weighted by atomic mass is 32.2. The second-order valence-electron chi connectivity index (χ2n) is 6.43. The van der Waals surface area contributed by atoms with E-state index in [0.717, 1.165) is 5.92 Å². The van der Waals surface area contributed by atoms with Gasteiger partial charge in [-0.3, -0.25) is 0 Å². The summed E-state index contributed by atoms with van der Waals surface area (Å²) in [6.07, 6.45) is 6.41. The average Bonchev–Trinajstić information content (AvgIpc) is 3.33. The summed E-state index contributed by atoms with van der Waals surface area (Å²) >= 11 is 3.33. The number of piperidine rings is 1. The van der Waals surface area contributed by atoms with E-state index in [-0.39, 0.29) is 0 Å². The zero-order valence-corrected chi connectivity index (χ0v) is 16.5. The summed E-state index contributed by atoms with van der Waals surface area (Å²) in [4.78, 5) is 21.7. The first kappa shape index (κ1) is 20.9. The van der Waals surface area contributed by atoms with Crippen LogP contribution in [0.2, 0.25) is 0 Å². The number of aromatic nitrogens is 2. The summed E-state index contributed by atoms with van der Waals surface area (Å²) in [5, 5.41) is 16.9. The van der Waals surface area contributed by atoms with E-state index < -0.39 is 11.9 Å². The molecule has 1 aromatic rings. The van der Waals surface area contributed by atoms with Crippen molar-refractivity contribution in [3.05, 3.63) is 17.8 Å². The number of fused-ring (bicyclic) bond motifs is 2. The van der Waals surface area contributed by atoms with Crippen molar-refractivity contribution in [3.8, 4) is 0 Å². The fraction of sp³-hybridized carbons (Fsp3) is 0.647. The van der Waals surface area contributed by atoms with Crippen molar-refractivity contribution < 1.29 is 19.8 Å². The molecule has 0 aliphatic carbocycles. The lowest BCUT2D eigenvalue weighted by Gasteiger charge is -2.20. The minimum Gasteiger partial charge on any atom is -0.478 e. The van der Waals surface area contributed by atoms with Gasteiger partial charge in [-0.1, -0.05) is 19.8 Å². The number of nitrogens with zero attached hydrogens (tertiary/aromatic N) is 3. The molecule has 2 N–H and O–H groups in total. The first-order chi connectivity index (χ1) is 12.5. The Hall–Kier alpha value is -1.45. The number of hydrogen-bond donors (Lipinski definition) is 2. The van der Waals surface area contributed by atoms with Crippen LogP contribution in [0.3, 0.4) is 0 Å². The van der Waals surface area contributed by atoms with Crippen LogP contribution < -0.4 is 0 Å². The maximum absolute atomic E-state index is 9.55. The van der Waals surface area contributed by atoms with Crippen molar-refractivity contribution >= 4 is 35.4 Å². The molecule has 3 rings (SSSR count). The van der Waals surface area contributed by atoms with Gasteiger partial charge in [0.1, 0.15) is 5.03 Å². The molecule has 0 amide bonds. The van der Waals surface area contributed by atoms with Gasteiger partial charge < -0.3 is 15.1 Å². The molecule has 2 aliphatic heterocycles. The first-order valence-corrected chi connectivity index (χ1v) is 10.5. The standard InChI is InChI=1S/C13H21N3S2.C4H4O4/c1-2-3-4-7-17-13-12(14-18-15-13)11-9-16-6-5-10(11)8-16;5-3(6)1-2-4(7)8/h10-11H,2-9H2,1H3;1-2H,(H,5,6)(H,7,8)/b;2-1+. The molecule has 0 aromatic carbocycles. The van der Waals surface area contributed by atoms with Gasteiger partial charge in [-0.2, -0.15) is 8.75 Å². The molecule has 2 bridgehead atoms. The van der Waals surface area contributed by atoms with Gasteiger partial charge in [0, 0.05) is 31.2 Å². The summed E-state index contributed by atoms with van der Waals surface area (Å²) in [5.41, 5.74) is 1.31. The van der Waals surface area contributed by atoms with Crippen molar-refractivity contribution in [1.29, 1.82) is 0 Å². The zero-order chi connectivity index (χ0) is 18.9. The fourth-order valence-corrected chi connectivity index (χ4v) is 5.04. The molecule has 0 saturated carbocycles. The van der Waals surface area contributed by atoms with Gasteiger partial charge in [0.05, 0.1) is 17.4 Å². The third kappa shape index (κ3) is 6.37. The normalized spacial score (nSPS) is 23.8. The molecule has 144 valence electrons. The summed E-state index contributed by atoms with van der Waals surface area (Å²) in [5.74, 6) is 0.211. The van der Waals surface area contributed by atoms with E-state index in [0.29, 0.717) is 18.1 Å². The smallest absolute Gasteiger partial charge is 0.328 e. The van der Waals surface area contributed by atoms with Crippen LogP contribution in [-0.2, 0) is 9.59 Å². The molecule has 2 saturated heterocycles. The Balaban J connectivity index is 0.000000260. The number of hydrogen-bond acceptors (Lipinski definition) is 7. The molecular weight excluding hydrogens is 374 g/mol. The van der Waals surface area contributed by atoms with E-state index in [4.69, 9.17) is 10.2 Å². The number of thioether (sulfide) groups is 1. The Morgan fingerprint density at radius 1 is 1.23 bits per heavy atom. The summed E-state index contributed by atoms with van der Waals surface area (Å²) in [7, 11) is 0. The maximum atomic E-state index is 9.55. The predicted molar refractivity (Wildman–Crippen MR) is 102 cm³/mol. The molecule has 0 spiro atoms. The van der Waals surface area contributed by atoms with Crippen molar-refractivity contribution in [2.45, 2.75) is 43.6 Å². The fourth-order valence-electron chi connectivity index (χ4n) is 3.27. The Morgan fingerprint density at radius 3 is 2.50 bits per heavy atom. The lowest BCUT2D eigenvalue weighted by atomic mass is 9.90. The van der Waals surface area contributed by atoms with Crippen LogP contribution in [-0.4, -0.2) is 61.2 Å². The number of carboxylic acid groups (broad SMARTS) is 2. The quantitative estimate of drug-likeness (QED) is 0.391. The van der Waals surface area contributed by atoms with Gasteiger partial charge in [-0.25, -0.2) is 9.59 Å². The van der Waals surface area contributed by atoms with E-state index in [1.807, 2.05) is 11.8 Å². The molecule has 26 heavy (non-hydrogen) atoms. The molecule has 3 heterocycles. The van der Waals surface area contributed by atoms with Crippen LogP contribution in [0, 0.1) is 5.92 Å². The molecule has 3 atom stereocenters. The van der Waals surface area contributed by atoms with Crippen molar-refractivity contribution in [2.24, 2.45) is 5.92 Å². The lowest BCUT2D eigenvalue weighted by Crippen LogP contribution is -2.22. The number of aliphatic carboxylic acids is 2. The molecule has 2 aliphatic rings. The molecule has 3 unspecified atom stereocenters. The molecule has 9 heteroatoms. The minimum absolute atomic E-state index is 0.558. The van der Waals surface area contributed by atoms with Gasteiger partial charge in [0.15, 0.2) is 0 Å². The predicted octanol–water partition coefficient (Wildman–Crippen LogP) is 2.95. The Labute approximate surface area is 161 Å². The highest BCUT2D eigenvalue weighted by molar-refractivity contribution is 7.99. The third-order valence-corrected chi connectivity index (χ3v) is 6.25. The zero-order valence-electron chi connectivity index (χ0n) is 14.8. The molecule has 1 aromatic heterocycles. The van der Waals surface area contributed by atoms with Gasteiger partial charge in [0.2, 0.25) is 0 Å². The monoisotopic (exact) mass is 399 g/mol. The van der Waals surface area contributed by atoms with Gasteiger partial charge in [0.25, 0.3) is 0 Å².